The number of benzene rings is 2. The van der Waals surface area contributed by atoms with E-state index < -0.39 is 0 Å². The minimum absolute atomic E-state index is 0.365. The number of halogens is 2. The number of ether oxygens (including phenoxy) is 1. The van der Waals surface area contributed by atoms with Crippen molar-refractivity contribution in [2.24, 2.45) is 0 Å². The Labute approximate surface area is 160 Å². The first-order chi connectivity index (χ1) is 12.5. The number of methoxy groups -OCH3 is 1. The summed E-state index contributed by atoms with van der Waals surface area (Å²) in [5.74, 6) is 0.956. The fraction of sp³-hybridized carbons (Fsp3) is 0.111. The van der Waals surface area contributed by atoms with Crippen LogP contribution in [0.2, 0.25) is 5.02 Å². The number of nitrogens with one attached hydrogen (secondary N) is 2. The molecule has 26 heavy (non-hydrogen) atoms. The van der Waals surface area contributed by atoms with Crippen LogP contribution in [0.5, 0.6) is 5.75 Å². The number of aromatic nitrogens is 2. The lowest BCUT2D eigenvalue weighted by molar-refractivity contribution is 0.415. The number of rotatable bonds is 5. The topological polar surface area (TPSA) is 51.1 Å². The van der Waals surface area contributed by atoms with E-state index in [1.165, 1.54) is 12.1 Å². The Hall–Kier alpha value is -2.64. The zero-order valence-electron chi connectivity index (χ0n) is 13.9. The monoisotopic (exact) mass is 390 g/mol. The lowest BCUT2D eigenvalue weighted by Crippen LogP contribution is -2.19. The maximum Gasteiger partial charge on any atom is 0.176 e. The molecular formula is C18H16ClFN4OS. The van der Waals surface area contributed by atoms with Gasteiger partial charge in [-0.25, -0.2) is 4.39 Å². The molecular weight excluding hydrogens is 375 g/mol. The number of thiocarbonyl (C=S) groups is 1. The van der Waals surface area contributed by atoms with Crippen LogP contribution >= 0.6 is 23.8 Å². The van der Waals surface area contributed by atoms with Crippen LogP contribution in [0.15, 0.2) is 54.7 Å². The minimum Gasteiger partial charge on any atom is -0.497 e. The van der Waals surface area contributed by atoms with E-state index in [2.05, 4.69) is 15.7 Å². The van der Waals surface area contributed by atoms with Crippen molar-refractivity contribution in [2.45, 2.75) is 6.54 Å². The van der Waals surface area contributed by atoms with Crippen LogP contribution in [0.4, 0.5) is 15.9 Å². The van der Waals surface area contributed by atoms with Gasteiger partial charge in [-0.05, 0) is 42.0 Å². The average Bonchev–Trinajstić information content (AvgIpc) is 3.04. The molecule has 0 aliphatic rings. The molecule has 0 saturated carbocycles. The Morgan fingerprint density at radius 1 is 1.23 bits per heavy atom. The quantitative estimate of drug-likeness (QED) is 0.626. The second-order valence-electron chi connectivity index (χ2n) is 5.45. The van der Waals surface area contributed by atoms with Gasteiger partial charge in [-0.1, -0.05) is 23.7 Å². The smallest absolute Gasteiger partial charge is 0.176 e. The third-order valence-electron chi connectivity index (χ3n) is 3.56. The van der Waals surface area contributed by atoms with E-state index in [9.17, 15) is 4.39 Å². The van der Waals surface area contributed by atoms with Crippen LogP contribution in [-0.2, 0) is 6.54 Å². The first kappa shape index (κ1) is 18.2. The van der Waals surface area contributed by atoms with Crippen molar-refractivity contribution in [3.8, 4) is 5.75 Å². The van der Waals surface area contributed by atoms with Gasteiger partial charge in [0.2, 0.25) is 0 Å². The van der Waals surface area contributed by atoms with Gasteiger partial charge in [-0.2, -0.15) is 5.10 Å². The summed E-state index contributed by atoms with van der Waals surface area (Å²) >= 11 is 11.3. The molecule has 3 rings (SSSR count). The molecule has 2 N–H and O–H groups in total. The van der Waals surface area contributed by atoms with E-state index in [4.69, 9.17) is 28.6 Å². The summed E-state index contributed by atoms with van der Waals surface area (Å²) in [5, 5.41) is 11.2. The first-order valence-corrected chi connectivity index (χ1v) is 8.51. The predicted molar refractivity (Wildman–Crippen MR) is 106 cm³/mol. The zero-order chi connectivity index (χ0) is 18.5. The lowest BCUT2D eigenvalue weighted by Gasteiger charge is -2.10. The molecule has 0 fully saturated rings. The molecule has 0 radical (unpaired) electrons. The molecule has 1 aromatic heterocycles. The van der Waals surface area contributed by atoms with Crippen LogP contribution in [-0.4, -0.2) is 22.0 Å². The fourth-order valence-electron chi connectivity index (χ4n) is 2.32. The molecule has 134 valence electrons. The van der Waals surface area contributed by atoms with Crippen molar-refractivity contribution in [3.63, 3.8) is 0 Å². The van der Waals surface area contributed by atoms with E-state index in [0.29, 0.717) is 22.5 Å². The summed E-state index contributed by atoms with van der Waals surface area (Å²) in [7, 11) is 1.61. The highest BCUT2D eigenvalue weighted by atomic mass is 35.5. The number of nitrogens with zero attached hydrogens (tertiary/aromatic N) is 2. The Morgan fingerprint density at radius 3 is 2.85 bits per heavy atom. The maximum atomic E-state index is 13.1. The lowest BCUT2D eigenvalue weighted by atomic mass is 10.2. The van der Waals surface area contributed by atoms with Gasteiger partial charge in [0.1, 0.15) is 11.6 Å². The SMILES string of the molecule is COc1cccc(NC(=S)Nc2ccn(Cc3ccc(F)cc3Cl)n2)c1. The Balaban J connectivity index is 1.61. The van der Waals surface area contributed by atoms with Gasteiger partial charge >= 0.3 is 0 Å². The predicted octanol–water partition coefficient (Wildman–Crippen LogP) is 4.54. The zero-order valence-corrected chi connectivity index (χ0v) is 15.4. The molecule has 0 saturated heterocycles. The maximum absolute atomic E-state index is 13.1. The molecule has 2 aromatic carbocycles. The second kappa shape index (κ2) is 8.16. The van der Waals surface area contributed by atoms with Crippen molar-refractivity contribution in [1.82, 2.24) is 9.78 Å². The van der Waals surface area contributed by atoms with Gasteiger partial charge in [0.25, 0.3) is 0 Å². The molecule has 0 bridgehead atoms. The largest absolute Gasteiger partial charge is 0.497 e. The van der Waals surface area contributed by atoms with E-state index in [0.717, 1.165) is 17.0 Å². The normalized spacial score (nSPS) is 10.4. The number of anilines is 2. The van der Waals surface area contributed by atoms with Gasteiger partial charge < -0.3 is 15.4 Å². The molecule has 0 aliphatic heterocycles. The third-order valence-corrected chi connectivity index (χ3v) is 4.11. The molecule has 1 heterocycles. The van der Waals surface area contributed by atoms with Gasteiger partial charge in [0, 0.05) is 29.0 Å². The molecule has 0 amide bonds. The van der Waals surface area contributed by atoms with E-state index >= 15 is 0 Å². The molecule has 0 aliphatic carbocycles. The van der Waals surface area contributed by atoms with E-state index in [-0.39, 0.29) is 5.82 Å². The van der Waals surface area contributed by atoms with Crippen LogP contribution < -0.4 is 15.4 Å². The van der Waals surface area contributed by atoms with Gasteiger partial charge in [0.15, 0.2) is 10.9 Å². The summed E-state index contributed by atoms with van der Waals surface area (Å²) < 4.78 is 20.0. The molecule has 8 heteroatoms. The minimum atomic E-state index is -0.365. The fourth-order valence-corrected chi connectivity index (χ4v) is 2.77. The molecule has 3 aromatic rings. The van der Waals surface area contributed by atoms with Gasteiger partial charge in [0.05, 0.1) is 13.7 Å². The van der Waals surface area contributed by atoms with Crippen molar-refractivity contribution in [2.75, 3.05) is 17.7 Å². The summed E-state index contributed by atoms with van der Waals surface area (Å²) in [6.45, 7) is 0.427. The summed E-state index contributed by atoms with van der Waals surface area (Å²) in [6, 6.07) is 13.5. The van der Waals surface area contributed by atoms with Crippen molar-refractivity contribution < 1.29 is 9.13 Å². The van der Waals surface area contributed by atoms with Crippen LogP contribution in [0.1, 0.15) is 5.56 Å². The Morgan fingerprint density at radius 2 is 2.08 bits per heavy atom. The number of hydrogen-bond acceptors (Lipinski definition) is 3. The molecule has 0 spiro atoms. The second-order valence-corrected chi connectivity index (χ2v) is 6.26. The van der Waals surface area contributed by atoms with E-state index in [1.54, 1.807) is 30.1 Å². The van der Waals surface area contributed by atoms with Crippen molar-refractivity contribution in [1.29, 1.82) is 0 Å². The number of hydrogen-bond donors (Lipinski definition) is 2. The standard InChI is InChI=1S/C18H16ClFN4OS/c1-25-15-4-2-3-14(10-15)21-18(26)22-17-7-8-24(23-17)11-12-5-6-13(20)9-16(12)19/h2-10H,11H2,1H3,(H2,21,22,23,26). The highest BCUT2D eigenvalue weighted by molar-refractivity contribution is 7.80. The molecule has 5 nitrogen and oxygen atoms in total. The summed E-state index contributed by atoms with van der Waals surface area (Å²) in [5.41, 5.74) is 1.58. The average molecular weight is 391 g/mol. The highest BCUT2D eigenvalue weighted by Crippen LogP contribution is 2.19. The van der Waals surface area contributed by atoms with Crippen LogP contribution in [0, 0.1) is 5.82 Å². The van der Waals surface area contributed by atoms with Gasteiger partial charge in [-0.3, -0.25) is 4.68 Å². The summed E-state index contributed by atoms with van der Waals surface area (Å²) in [6.07, 6.45) is 1.79. The Bertz CT molecular complexity index is 931. The van der Waals surface area contributed by atoms with Crippen LogP contribution in [0.25, 0.3) is 0 Å². The van der Waals surface area contributed by atoms with Crippen LogP contribution in [0.3, 0.4) is 0 Å². The third kappa shape index (κ3) is 4.71. The van der Waals surface area contributed by atoms with Crippen molar-refractivity contribution in [3.05, 3.63) is 71.1 Å². The Kier molecular flexibility index (Phi) is 5.70. The summed E-state index contributed by atoms with van der Waals surface area (Å²) in [4.78, 5) is 0. The van der Waals surface area contributed by atoms with Crippen molar-refractivity contribution >= 4 is 40.4 Å². The first-order valence-electron chi connectivity index (χ1n) is 7.73. The van der Waals surface area contributed by atoms with Gasteiger partial charge in [-0.15, -0.1) is 0 Å². The van der Waals surface area contributed by atoms with E-state index in [1.807, 2.05) is 24.3 Å². The highest BCUT2D eigenvalue weighted by Gasteiger charge is 2.06. The molecule has 0 atom stereocenters. The molecule has 0 unspecified atom stereocenters.